The first-order chi connectivity index (χ1) is 8.65. The van der Waals surface area contributed by atoms with Crippen molar-refractivity contribution < 1.29 is 4.79 Å². The van der Waals surface area contributed by atoms with Crippen molar-refractivity contribution in [3.05, 3.63) is 75.8 Å². The molecule has 0 aliphatic heterocycles. The van der Waals surface area contributed by atoms with Crippen LogP contribution in [0.25, 0.3) is 6.08 Å². The highest BCUT2D eigenvalue weighted by Crippen LogP contribution is 2.13. The minimum atomic E-state index is 0.0119. The minimum Gasteiger partial charge on any atom is -0.289 e. The second-order valence-corrected chi connectivity index (χ2v) is 5.04. The number of allylic oxidation sites excluding steroid dienone is 1. The molecule has 0 atom stereocenters. The quantitative estimate of drug-likeness (QED) is 0.595. The first-order valence-corrected chi connectivity index (χ1v) is 6.49. The highest BCUT2D eigenvalue weighted by atomic mass is 79.9. The summed E-state index contributed by atoms with van der Waals surface area (Å²) in [7, 11) is 0. The number of carbonyl (C=O) groups is 1. The molecule has 0 aromatic heterocycles. The Morgan fingerprint density at radius 2 is 1.89 bits per heavy atom. The van der Waals surface area contributed by atoms with Gasteiger partial charge in [0.05, 0.1) is 0 Å². The Morgan fingerprint density at radius 3 is 2.61 bits per heavy atom. The van der Waals surface area contributed by atoms with Crippen molar-refractivity contribution in [2.45, 2.75) is 6.92 Å². The molecule has 18 heavy (non-hydrogen) atoms. The van der Waals surface area contributed by atoms with Gasteiger partial charge in [0.15, 0.2) is 5.78 Å². The van der Waals surface area contributed by atoms with E-state index >= 15 is 0 Å². The zero-order chi connectivity index (χ0) is 13.0. The van der Waals surface area contributed by atoms with E-state index in [9.17, 15) is 4.79 Å². The number of carbonyl (C=O) groups excluding carboxylic acids is 1. The van der Waals surface area contributed by atoms with Crippen molar-refractivity contribution in [3.63, 3.8) is 0 Å². The fraction of sp³-hybridized carbons (Fsp3) is 0.0625. The fourth-order valence-electron chi connectivity index (χ4n) is 1.68. The lowest BCUT2D eigenvalue weighted by Crippen LogP contribution is -1.93. The molecule has 0 aliphatic carbocycles. The van der Waals surface area contributed by atoms with Crippen LogP contribution in [0, 0.1) is 6.92 Å². The molecule has 0 heterocycles. The van der Waals surface area contributed by atoms with Gasteiger partial charge in [-0.25, -0.2) is 0 Å². The van der Waals surface area contributed by atoms with E-state index in [-0.39, 0.29) is 5.78 Å². The third-order valence-electron chi connectivity index (χ3n) is 2.58. The van der Waals surface area contributed by atoms with Gasteiger partial charge >= 0.3 is 0 Å². The van der Waals surface area contributed by atoms with E-state index in [1.165, 1.54) is 5.56 Å². The summed E-state index contributed by atoms with van der Waals surface area (Å²) in [5, 5.41) is 0. The Balaban J connectivity index is 2.17. The predicted molar refractivity (Wildman–Crippen MR) is 78.7 cm³/mol. The smallest absolute Gasteiger partial charge is 0.185 e. The Labute approximate surface area is 115 Å². The summed E-state index contributed by atoms with van der Waals surface area (Å²) >= 11 is 3.36. The molecule has 0 saturated heterocycles. The average molecular weight is 301 g/mol. The Bertz CT molecular complexity index is 600. The number of hydrogen-bond acceptors (Lipinski definition) is 1. The lowest BCUT2D eigenvalue weighted by atomic mass is 10.1. The zero-order valence-electron chi connectivity index (χ0n) is 10.1. The molecule has 2 aromatic carbocycles. The summed E-state index contributed by atoms with van der Waals surface area (Å²) in [5.74, 6) is 0.0119. The van der Waals surface area contributed by atoms with E-state index < -0.39 is 0 Å². The van der Waals surface area contributed by atoms with Crippen LogP contribution in [-0.4, -0.2) is 5.78 Å². The van der Waals surface area contributed by atoms with Gasteiger partial charge in [-0.15, -0.1) is 0 Å². The van der Waals surface area contributed by atoms with E-state index in [0.717, 1.165) is 10.0 Å². The second kappa shape index (κ2) is 5.78. The molecule has 0 spiro atoms. The number of halogens is 1. The monoisotopic (exact) mass is 300 g/mol. The molecule has 2 aromatic rings. The third-order valence-corrected chi connectivity index (χ3v) is 3.07. The van der Waals surface area contributed by atoms with E-state index in [2.05, 4.69) is 15.9 Å². The van der Waals surface area contributed by atoms with Crippen LogP contribution in [0.5, 0.6) is 0 Å². The molecule has 2 heteroatoms. The molecule has 0 unspecified atom stereocenters. The number of rotatable bonds is 3. The van der Waals surface area contributed by atoms with Gasteiger partial charge in [0.25, 0.3) is 0 Å². The van der Waals surface area contributed by atoms with Gasteiger partial charge in [0.2, 0.25) is 0 Å². The highest BCUT2D eigenvalue weighted by molar-refractivity contribution is 9.10. The van der Waals surface area contributed by atoms with Crippen molar-refractivity contribution in [1.29, 1.82) is 0 Å². The van der Waals surface area contributed by atoms with Crippen molar-refractivity contribution in [1.82, 2.24) is 0 Å². The molecule has 0 N–H and O–H groups in total. The fourth-order valence-corrected chi connectivity index (χ4v) is 2.08. The van der Waals surface area contributed by atoms with Gasteiger partial charge in [-0.05, 0) is 30.7 Å². The van der Waals surface area contributed by atoms with Gasteiger partial charge in [-0.2, -0.15) is 0 Å². The van der Waals surface area contributed by atoms with Crippen molar-refractivity contribution in [2.75, 3.05) is 0 Å². The standard InChI is InChI=1S/C16H13BrO/c1-12-4-2-5-13(10-12)8-9-16(18)14-6-3-7-15(17)11-14/h2-11H,1H3/b9-8+. The van der Waals surface area contributed by atoms with Crippen molar-refractivity contribution in [2.24, 2.45) is 0 Å². The van der Waals surface area contributed by atoms with Gasteiger partial charge in [-0.1, -0.05) is 64.0 Å². The summed E-state index contributed by atoms with van der Waals surface area (Å²) < 4.78 is 0.914. The Morgan fingerprint density at radius 1 is 1.11 bits per heavy atom. The highest BCUT2D eigenvalue weighted by Gasteiger charge is 2.01. The molecule has 2 rings (SSSR count). The molecule has 1 nitrogen and oxygen atoms in total. The van der Waals surface area contributed by atoms with E-state index in [4.69, 9.17) is 0 Å². The maximum absolute atomic E-state index is 11.9. The Kier molecular flexibility index (Phi) is 4.11. The Hall–Kier alpha value is -1.67. The van der Waals surface area contributed by atoms with Crippen LogP contribution in [0.1, 0.15) is 21.5 Å². The lowest BCUT2D eigenvalue weighted by Gasteiger charge is -1.97. The third kappa shape index (κ3) is 3.41. The van der Waals surface area contributed by atoms with Gasteiger partial charge in [0, 0.05) is 10.0 Å². The number of benzene rings is 2. The largest absolute Gasteiger partial charge is 0.289 e. The van der Waals surface area contributed by atoms with E-state index in [0.29, 0.717) is 5.56 Å². The predicted octanol–water partition coefficient (Wildman–Crippen LogP) is 4.65. The SMILES string of the molecule is Cc1cccc(/C=C/C(=O)c2cccc(Br)c2)c1. The van der Waals surface area contributed by atoms with Crippen LogP contribution in [-0.2, 0) is 0 Å². The number of hydrogen-bond donors (Lipinski definition) is 0. The summed E-state index contributed by atoms with van der Waals surface area (Å²) in [4.78, 5) is 11.9. The first-order valence-electron chi connectivity index (χ1n) is 5.70. The molecular weight excluding hydrogens is 288 g/mol. The van der Waals surface area contributed by atoms with Crippen LogP contribution in [0.15, 0.2) is 59.1 Å². The van der Waals surface area contributed by atoms with Crippen LogP contribution < -0.4 is 0 Å². The molecular formula is C16H13BrO. The van der Waals surface area contributed by atoms with Crippen molar-refractivity contribution in [3.8, 4) is 0 Å². The van der Waals surface area contributed by atoms with Crippen LogP contribution in [0.4, 0.5) is 0 Å². The summed E-state index contributed by atoms with van der Waals surface area (Å²) in [5.41, 5.74) is 2.92. The minimum absolute atomic E-state index is 0.0119. The summed E-state index contributed by atoms with van der Waals surface area (Å²) in [6.07, 6.45) is 3.45. The summed E-state index contributed by atoms with van der Waals surface area (Å²) in [6.45, 7) is 2.04. The number of aryl methyl sites for hydroxylation is 1. The second-order valence-electron chi connectivity index (χ2n) is 4.12. The topological polar surface area (TPSA) is 17.1 Å². The van der Waals surface area contributed by atoms with Gasteiger partial charge in [-0.3, -0.25) is 4.79 Å². The lowest BCUT2D eigenvalue weighted by molar-refractivity contribution is 0.104. The summed E-state index contributed by atoms with van der Waals surface area (Å²) in [6, 6.07) is 15.4. The molecule has 0 bridgehead atoms. The number of ketones is 1. The van der Waals surface area contributed by atoms with Gasteiger partial charge in [0.1, 0.15) is 0 Å². The van der Waals surface area contributed by atoms with E-state index in [1.807, 2.05) is 61.5 Å². The molecule has 0 amide bonds. The molecule has 90 valence electrons. The van der Waals surface area contributed by atoms with Crippen molar-refractivity contribution >= 4 is 27.8 Å². The first kappa shape index (κ1) is 12.8. The van der Waals surface area contributed by atoms with Crippen LogP contribution in [0.2, 0.25) is 0 Å². The molecule has 0 saturated carbocycles. The van der Waals surface area contributed by atoms with Crippen LogP contribution in [0.3, 0.4) is 0 Å². The molecule has 0 fully saturated rings. The maximum Gasteiger partial charge on any atom is 0.185 e. The molecule has 0 radical (unpaired) electrons. The molecule has 0 aliphatic rings. The average Bonchev–Trinajstić information content (AvgIpc) is 2.36. The van der Waals surface area contributed by atoms with Crippen LogP contribution >= 0.6 is 15.9 Å². The maximum atomic E-state index is 11.9. The van der Waals surface area contributed by atoms with Gasteiger partial charge < -0.3 is 0 Å². The zero-order valence-corrected chi connectivity index (χ0v) is 11.6. The van der Waals surface area contributed by atoms with E-state index in [1.54, 1.807) is 6.08 Å². The normalized spacial score (nSPS) is 10.8.